The third kappa shape index (κ3) is 5.46. The highest BCUT2D eigenvalue weighted by molar-refractivity contribution is 8.00. The number of thioether (sulfide) groups is 1. The number of hydrogen-bond donors (Lipinski definition) is 1. The summed E-state index contributed by atoms with van der Waals surface area (Å²) in [5.74, 6) is 2.45. The van der Waals surface area contributed by atoms with Crippen LogP contribution in [0.25, 0.3) is 0 Å². The molecule has 0 bridgehead atoms. The molecule has 6 nitrogen and oxygen atoms in total. The lowest BCUT2D eigenvalue weighted by atomic mass is 10.1. The number of ether oxygens (including phenoxy) is 3. The van der Waals surface area contributed by atoms with Crippen molar-refractivity contribution in [2.75, 3.05) is 21.3 Å². The third-order valence-corrected chi connectivity index (χ3v) is 6.61. The summed E-state index contributed by atoms with van der Waals surface area (Å²) in [6.07, 6.45) is 0. The van der Waals surface area contributed by atoms with Crippen molar-refractivity contribution in [3.63, 3.8) is 0 Å². The Morgan fingerprint density at radius 3 is 2.30 bits per heavy atom. The molecule has 0 saturated heterocycles. The van der Waals surface area contributed by atoms with Crippen molar-refractivity contribution in [2.45, 2.75) is 23.6 Å². The Morgan fingerprint density at radius 1 is 1.03 bits per heavy atom. The van der Waals surface area contributed by atoms with E-state index in [0.29, 0.717) is 29.4 Å². The molecule has 3 aromatic rings. The van der Waals surface area contributed by atoms with Crippen molar-refractivity contribution in [1.29, 1.82) is 0 Å². The van der Waals surface area contributed by atoms with E-state index in [9.17, 15) is 4.79 Å². The normalized spacial score (nSPS) is 10.5. The van der Waals surface area contributed by atoms with Crippen LogP contribution in [0.2, 0.25) is 0 Å². The van der Waals surface area contributed by atoms with Gasteiger partial charge in [-0.1, -0.05) is 23.9 Å². The first-order valence-electron chi connectivity index (χ1n) is 9.25. The monoisotopic (exact) mass is 444 g/mol. The molecular weight excluding hydrogens is 420 g/mol. The number of aryl methyl sites for hydroxylation is 1. The Labute approximate surface area is 184 Å². The standard InChI is InChI=1S/C22H24N2O4S2/c1-14-12-29-22(24-14)30-13-15-5-7-16(8-6-15)21(25)23-11-17-9-19(27-3)20(28-4)10-18(17)26-2/h5-10,12H,11,13H2,1-4H3,(H,23,25). The van der Waals surface area contributed by atoms with Crippen LogP contribution in [-0.4, -0.2) is 32.2 Å². The Balaban J connectivity index is 1.61. The molecule has 30 heavy (non-hydrogen) atoms. The molecule has 0 aliphatic rings. The first kappa shape index (κ1) is 22.0. The maximum Gasteiger partial charge on any atom is 0.251 e. The van der Waals surface area contributed by atoms with Crippen molar-refractivity contribution in [2.24, 2.45) is 0 Å². The van der Waals surface area contributed by atoms with Crippen LogP contribution in [0.3, 0.4) is 0 Å². The zero-order valence-corrected chi connectivity index (χ0v) is 19.0. The van der Waals surface area contributed by atoms with E-state index in [2.05, 4.69) is 10.3 Å². The highest BCUT2D eigenvalue weighted by Gasteiger charge is 2.13. The second-order valence-corrected chi connectivity index (χ2v) is 8.52. The lowest BCUT2D eigenvalue weighted by Crippen LogP contribution is -2.23. The number of amides is 1. The molecule has 1 heterocycles. The highest BCUT2D eigenvalue weighted by Crippen LogP contribution is 2.34. The van der Waals surface area contributed by atoms with E-state index >= 15 is 0 Å². The van der Waals surface area contributed by atoms with E-state index in [4.69, 9.17) is 14.2 Å². The number of hydrogen-bond acceptors (Lipinski definition) is 7. The molecule has 1 aromatic heterocycles. The minimum atomic E-state index is -0.151. The van der Waals surface area contributed by atoms with Crippen LogP contribution >= 0.6 is 23.1 Å². The minimum absolute atomic E-state index is 0.151. The number of thiazole rings is 1. The second kappa shape index (κ2) is 10.4. The Hall–Kier alpha value is -2.71. The summed E-state index contributed by atoms with van der Waals surface area (Å²) in [4.78, 5) is 17.0. The van der Waals surface area contributed by atoms with Gasteiger partial charge in [-0.3, -0.25) is 4.79 Å². The van der Waals surface area contributed by atoms with Crippen molar-refractivity contribution >= 4 is 29.0 Å². The Bertz CT molecular complexity index is 1000. The fourth-order valence-electron chi connectivity index (χ4n) is 2.80. The SMILES string of the molecule is COc1cc(OC)c(OC)cc1CNC(=O)c1ccc(CSc2nc(C)cs2)cc1. The summed E-state index contributed by atoms with van der Waals surface area (Å²) < 4.78 is 17.1. The minimum Gasteiger partial charge on any atom is -0.496 e. The average Bonchev–Trinajstić information content (AvgIpc) is 3.20. The van der Waals surface area contributed by atoms with Crippen LogP contribution in [0.15, 0.2) is 46.1 Å². The number of benzene rings is 2. The first-order valence-corrected chi connectivity index (χ1v) is 11.1. The van der Waals surface area contributed by atoms with Gasteiger partial charge in [0.1, 0.15) is 10.1 Å². The summed E-state index contributed by atoms with van der Waals surface area (Å²) in [6, 6.07) is 11.2. The number of nitrogens with zero attached hydrogens (tertiary/aromatic N) is 1. The lowest BCUT2D eigenvalue weighted by Gasteiger charge is -2.14. The van der Waals surface area contributed by atoms with E-state index in [1.54, 1.807) is 56.6 Å². The number of nitrogens with one attached hydrogen (secondary N) is 1. The summed E-state index contributed by atoms with van der Waals surface area (Å²) in [5.41, 5.74) is 3.59. The number of carbonyl (C=O) groups excluding carboxylic acids is 1. The van der Waals surface area contributed by atoms with E-state index in [-0.39, 0.29) is 5.91 Å². The smallest absolute Gasteiger partial charge is 0.251 e. The van der Waals surface area contributed by atoms with Gasteiger partial charge in [-0.15, -0.1) is 11.3 Å². The molecule has 0 spiro atoms. The van der Waals surface area contributed by atoms with E-state index in [0.717, 1.165) is 26.9 Å². The van der Waals surface area contributed by atoms with Gasteiger partial charge in [-0.05, 0) is 30.7 Å². The predicted molar refractivity (Wildman–Crippen MR) is 120 cm³/mol. The van der Waals surface area contributed by atoms with Crippen molar-refractivity contribution < 1.29 is 19.0 Å². The maximum absolute atomic E-state index is 12.6. The van der Waals surface area contributed by atoms with Gasteiger partial charge in [0.2, 0.25) is 0 Å². The third-order valence-electron chi connectivity index (χ3n) is 4.40. The zero-order valence-electron chi connectivity index (χ0n) is 17.4. The summed E-state index contributed by atoms with van der Waals surface area (Å²) in [6.45, 7) is 2.30. The van der Waals surface area contributed by atoms with Gasteiger partial charge >= 0.3 is 0 Å². The molecule has 0 atom stereocenters. The maximum atomic E-state index is 12.6. The molecule has 3 rings (SSSR count). The molecule has 1 amide bonds. The predicted octanol–water partition coefficient (Wildman–Crippen LogP) is 4.70. The van der Waals surface area contributed by atoms with Gasteiger partial charge in [-0.2, -0.15) is 0 Å². The van der Waals surface area contributed by atoms with Gasteiger partial charge < -0.3 is 19.5 Å². The van der Waals surface area contributed by atoms with Crippen molar-refractivity contribution in [3.8, 4) is 17.2 Å². The molecule has 2 aromatic carbocycles. The number of aromatic nitrogens is 1. The molecule has 8 heteroatoms. The topological polar surface area (TPSA) is 69.7 Å². The number of methoxy groups -OCH3 is 3. The molecule has 0 radical (unpaired) electrons. The van der Waals surface area contributed by atoms with Crippen LogP contribution in [0.5, 0.6) is 17.2 Å². The molecule has 0 fully saturated rings. The summed E-state index contributed by atoms with van der Waals surface area (Å²) in [7, 11) is 4.72. The fraction of sp³-hybridized carbons (Fsp3) is 0.273. The van der Waals surface area contributed by atoms with Crippen LogP contribution in [-0.2, 0) is 12.3 Å². The molecule has 0 unspecified atom stereocenters. The van der Waals surface area contributed by atoms with E-state index < -0.39 is 0 Å². The molecule has 158 valence electrons. The van der Waals surface area contributed by atoms with E-state index in [1.165, 1.54) is 0 Å². The van der Waals surface area contributed by atoms with Gasteiger partial charge in [0.15, 0.2) is 11.5 Å². The van der Waals surface area contributed by atoms with Crippen molar-refractivity contribution in [1.82, 2.24) is 10.3 Å². The van der Waals surface area contributed by atoms with Gasteiger partial charge in [0.25, 0.3) is 5.91 Å². The van der Waals surface area contributed by atoms with Crippen LogP contribution in [0.4, 0.5) is 0 Å². The van der Waals surface area contributed by atoms with Crippen LogP contribution < -0.4 is 19.5 Å². The molecule has 0 aliphatic heterocycles. The lowest BCUT2D eigenvalue weighted by molar-refractivity contribution is 0.0950. The number of rotatable bonds is 9. The van der Waals surface area contributed by atoms with Crippen molar-refractivity contribution in [3.05, 3.63) is 64.2 Å². The summed E-state index contributed by atoms with van der Waals surface area (Å²) in [5, 5.41) is 4.97. The van der Waals surface area contributed by atoms with E-state index in [1.807, 2.05) is 36.6 Å². The first-order chi connectivity index (χ1) is 14.5. The molecule has 0 saturated carbocycles. The van der Waals surface area contributed by atoms with Crippen LogP contribution in [0, 0.1) is 6.92 Å². The van der Waals surface area contributed by atoms with Gasteiger partial charge in [0.05, 0.1) is 21.3 Å². The molecule has 0 aliphatic carbocycles. The van der Waals surface area contributed by atoms with Gasteiger partial charge in [-0.25, -0.2) is 4.98 Å². The quantitative estimate of drug-likeness (QED) is 0.483. The molecular formula is C22H24N2O4S2. The Morgan fingerprint density at radius 2 is 1.70 bits per heavy atom. The second-order valence-electron chi connectivity index (χ2n) is 6.44. The highest BCUT2D eigenvalue weighted by atomic mass is 32.2. The summed E-state index contributed by atoms with van der Waals surface area (Å²) >= 11 is 3.35. The Kier molecular flexibility index (Phi) is 7.59. The average molecular weight is 445 g/mol. The zero-order chi connectivity index (χ0) is 21.5. The number of carbonyl (C=O) groups is 1. The van der Waals surface area contributed by atoms with Crippen LogP contribution in [0.1, 0.15) is 27.2 Å². The fourth-order valence-corrected chi connectivity index (χ4v) is 4.61. The van der Waals surface area contributed by atoms with Gasteiger partial charge in [0, 0.05) is 40.6 Å². The largest absolute Gasteiger partial charge is 0.496 e. The molecule has 1 N–H and O–H groups in total.